The molecule has 13 heteroatoms. The lowest BCUT2D eigenvalue weighted by atomic mass is 9.96. The predicted octanol–water partition coefficient (Wildman–Crippen LogP) is 4.22. The summed E-state index contributed by atoms with van der Waals surface area (Å²) in [5, 5.41) is 29.7. The molecule has 1 aliphatic heterocycles. The molecule has 46 heavy (non-hydrogen) atoms. The average molecular weight is 642 g/mol. The molecule has 3 heterocycles. The number of benzene rings is 2. The van der Waals surface area contributed by atoms with E-state index in [1.54, 1.807) is 24.6 Å². The number of carbonyl (C=O) groups is 1. The molecule has 0 saturated carbocycles. The summed E-state index contributed by atoms with van der Waals surface area (Å²) in [5.41, 5.74) is 6.33. The number of para-hydroxylation sites is 1. The number of aromatic amines is 1. The fourth-order valence-electron chi connectivity index (χ4n) is 5.81. The average Bonchev–Trinajstić information content (AvgIpc) is 3.63. The maximum absolute atomic E-state index is 13.3. The van der Waals surface area contributed by atoms with Gasteiger partial charge >= 0.3 is 6.18 Å². The molecule has 4 aromatic rings. The van der Waals surface area contributed by atoms with E-state index in [1.807, 2.05) is 35.4 Å². The van der Waals surface area contributed by atoms with E-state index in [4.69, 9.17) is 5.73 Å². The summed E-state index contributed by atoms with van der Waals surface area (Å²) in [6.45, 7) is 6.58. The van der Waals surface area contributed by atoms with Crippen molar-refractivity contribution in [1.82, 2.24) is 24.8 Å². The minimum Gasteiger partial charge on any atom is -0.376 e. The zero-order valence-corrected chi connectivity index (χ0v) is 26.1. The van der Waals surface area contributed by atoms with E-state index < -0.39 is 47.7 Å². The van der Waals surface area contributed by atoms with Crippen LogP contribution in [0.4, 0.5) is 19.0 Å². The van der Waals surface area contributed by atoms with Gasteiger partial charge in [0.25, 0.3) is 0 Å². The Morgan fingerprint density at radius 1 is 1.11 bits per heavy atom. The third-order valence-electron chi connectivity index (χ3n) is 8.67. The molecule has 248 valence electrons. The Morgan fingerprint density at radius 3 is 2.43 bits per heavy atom. The number of likely N-dealkylation sites (tertiary alicyclic amines) is 1. The molecule has 0 spiro atoms. The first-order valence-corrected chi connectivity index (χ1v) is 15.4. The van der Waals surface area contributed by atoms with Gasteiger partial charge in [0.15, 0.2) is 0 Å². The molecule has 1 fully saturated rings. The number of alkyl halides is 3. The Balaban J connectivity index is 1.40. The first kappa shape index (κ1) is 33.5. The van der Waals surface area contributed by atoms with Gasteiger partial charge in [-0.1, -0.05) is 37.3 Å². The number of amides is 1. The number of rotatable bonds is 11. The summed E-state index contributed by atoms with van der Waals surface area (Å²) < 4.78 is 41.6. The molecule has 2 aromatic carbocycles. The Bertz CT molecular complexity index is 1600. The van der Waals surface area contributed by atoms with Gasteiger partial charge in [-0.15, -0.1) is 0 Å². The van der Waals surface area contributed by atoms with Crippen molar-refractivity contribution >= 4 is 22.6 Å². The Hall–Kier alpha value is -3.91. The number of H-pyrrole nitrogens is 1. The molecular formula is C33H42F3N7O3. The maximum atomic E-state index is 13.3. The highest BCUT2D eigenvalue weighted by atomic mass is 19.4. The number of halogens is 3. The molecular weight excluding hydrogens is 599 g/mol. The third kappa shape index (κ3) is 7.72. The van der Waals surface area contributed by atoms with Crippen molar-refractivity contribution in [2.24, 2.45) is 11.7 Å². The number of imidazole rings is 1. The zero-order valence-electron chi connectivity index (χ0n) is 26.1. The quantitative estimate of drug-likeness (QED) is 0.135. The molecule has 1 amide bonds. The topological polar surface area (TPSA) is 144 Å². The number of aliphatic hydroxyl groups excluding tert-OH is 2. The minimum absolute atomic E-state index is 0.245. The fourth-order valence-corrected chi connectivity index (χ4v) is 5.81. The highest BCUT2D eigenvalue weighted by molar-refractivity contribution is 5.86. The van der Waals surface area contributed by atoms with Crippen LogP contribution < -0.4 is 16.4 Å². The Morgan fingerprint density at radius 2 is 1.78 bits per heavy atom. The van der Waals surface area contributed by atoms with E-state index in [1.165, 1.54) is 18.5 Å². The van der Waals surface area contributed by atoms with E-state index in [-0.39, 0.29) is 12.2 Å². The Kier molecular flexibility index (Phi) is 9.78. The molecule has 0 aliphatic carbocycles. The number of aromatic nitrogens is 3. The van der Waals surface area contributed by atoms with Crippen LogP contribution >= 0.6 is 0 Å². The van der Waals surface area contributed by atoms with Crippen molar-refractivity contribution in [3.05, 3.63) is 83.9 Å². The first-order valence-electron chi connectivity index (χ1n) is 15.4. The van der Waals surface area contributed by atoms with Crippen LogP contribution in [0.2, 0.25) is 0 Å². The normalized spacial score (nSPS) is 17.8. The zero-order chi connectivity index (χ0) is 33.2. The summed E-state index contributed by atoms with van der Waals surface area (Å²) in [4.78, 5) is 22.4. The van der Waals surface area contributed by atoms with Gasteiger partial charge in [-0.25, -0.2) is 4.98 Å². The molecule has 3 unspecified atom stereocenters. The second-order valence-electron chi connectivity index (χ2n) is 12.9. The van der Waals surface area contributed by atoms with Crippen LogP contribution in [0, 0.1) is 5.92 Å². The molecule has 5 rings (SSSR count). The summed E-state index contributed by atoms with van der Waals surface area (Å²) in [6.07, 6.45) is 0.0825. The molecule has 0 radical (unpaired) electrons. The standard InChI is InChI=1S/C33H42F3N7O3/c1-20-12-14-42(15-13-20)30(45)28(21-8-10-23(11-9-21)33(34,35)36)43-18-27(39-19-43)41-29(44)26(40-31(46)32(2,3)37)16-22-17-38-25-7-5-4-6-24(22)25/h4-11,17-20,26,28-30,38,41,44-45H,12-16,37H2,1-3H3,(H,40,46)/t26-,28?,29?,30?/m1/s1. The maximum Gasteiger partial charge on any atom is 0.416 e. The first-order chi connectivity index (χ1) is 21.7. The monoisotopic (exact) mass is 641 g/mol. The van der Waals surface area contributed by atoms with Crippen LogP contribution in [0.5, 0.6) is 0 Å². The van der Waals surface area contributed by atoms with Gasteiger partial charge in [0.05, 0.1) is 29.5 Å². The molecule has 7 N–H and O–H groups in total. The van der Waals surface area contributed by atoms with Gasteiger partial charge in [0.1, 0.15) is 18.3 Å². The van der Waals surface area contributed by atoms with Gasteiger partial charge in [0, 0.05) is 36.4 Å². The Labute approximate surface area is 265 Å². The SMILES string of the molecule is CC1CCN(C(O)C(c2ccc(C(F)(F)F)cc2)n2cnc(NC(O)[C@@H](Cc3c[nH]c4ccccc34)NC(=O)C(C)(C)N)c2)CC1. The number of fused-ring (bicyclic) bond motifs is 1. The number of nitrogens with zero attached hydrogens (tertiary/aromatic N) is 3. The lowest BCUT2D eigenvalue weighted by molar-refractivity contribution is -0.137. The van der Waals surface area contributed by atoms with Crippen LogP contribution in [0.3, 0.4) is 0 Å². The van der Waals surface area contributed by atoms with Crippen LogP contribution in [-0.4, -0.2) is 72.7 Å². The molecule has 0 bridgehead atoms. The predicted molar refractivity (Wildman–Crippen MR) is 170 cm³/mol. The third-order valence-corrected chi connectivity index (χ3v) is 8.67. The number of aliphatic hydroxyl groups is 2. The number of nitrogens with two attached hydrogens (primary N) is 1. The van der Waals surface area contributed by atoms with Gasteiger partial charge in [-0.05, 0) is 68.4 Å². The summed E-state index contributed by atoms with van der Waals surface area (Å²) >= 11 is 0. The summed E-state index contributed by atoms with van der Waals surface area (Å²) in [5.74, 6) is 0.306. The lowest BCUT2D eigenvalue weighted by Crippen LogP contribution is -2.56. The highest BCUT2D eigenvalue weighted by Gasteiger charge is 2.34. The fraction of sp³-hybridized carbons (Fsp3) is 0.455. The van der Waals surface area contributed by atoms with Gasteiger partial charge in [0.2, 0.25) is 5.91 Å². The second kappa shape index (κ2) is 13.4. The van der Waals surface area contributed by atoms with Crippen molar-refractivity contribution in [3.63, 3.8) is 0 Å². The number of nitrogens with one attached hydrogen (secondary N) is 3. The van der Waals surface area contributed by atoms with Gasteiger partial charge in [-0.2, -0.15) is 13.2 Å². The number of piperidine rings is 1. The second-order valence-corrected chi connectivity index (χ2v) is 12.9. The molecule has 1 aliphatic rings. The minimum atomic E-state index is -4.49. The van der Waals surface area contributed by atoms with Crippen molar-refractivity contribution < 1.29 is 28.2 Å². The molecule has 2 aromatic heterocycles. The van der Waals surface area contributed by atoms with Gasteiger partial charge in [-0.3, -0.25) is 9.69 Å². The number of hydrogen-bond acceptors (Lipinski definition) is 7. The van der Waals surface area contributed by atoms with Crippen molar-refractivity contribution in [1.29, 1.82) is 0 Å². The van der Waals surface area contributed by atoms with Crippen molar-refractivity contribution in [2.75, 3.05) is 18.4 Å². The van der Waals surface area contributed by atoms with E-state index in [9.17, 15) is 28.2 Å². The smallest absolute Gasteiger partial charge is 0.376 e. The summed E-state index contributed by atoms with van der Waals surface area (Å²) in [7, 11) is 0. The van der Waals surface area contributed by atoms with Crippen LogP contribution in [0.1, 0.15) is 56.3 Å². The van der Waals surface area contributed by atoms with Crippen molar-refractivity contribution in [2.45, 2.75) is 76.3 Å². The molecule has 10 nitrogen and oxygen atoms in total. The largest absolute Gasteiger partial charge is 0.416 e. The van der Waals surface area contributed by atoms with Crippen molar-refractivity contribution in [3.8, 4) is 0 Å². The van der Waals surface area contributed by atoms with Crippen LogP contribution in [0.25, 0.3) is 10.9 Å². The van der Waals surface area contributed by atoms with E-state index in [0.717, 1.165) is 41.4 Å². The highest BCUT2D eigenvalue weighted by Crippen LogP contribution is 2.33. The number of carbonyl (C=O) groups excluding carboxylic acids is 1. The summed E-state index contributed by atoms with van der Waals surface area (Å²) in [6, 6.07) is 10.8. The van der Waals surface area contributed by atoms with Crippen LogP contribution in [0.15, 0.2) is 67.3 Å². The number of anilines is 1. The van der Waals surface area contributed by atoms with Crippen LogP contribution in [-0.2, 0) is 17.4 Å². The molecule has 4 atom stereocenters. The van der Waals surface area contributed by atoms with E-state index in [0.29, 0.717) is 24.6 Å². The molecule has 1 saturated heterocycles. The van der Waals surface area contributed by atoms with Gasteiger partial charge < -0.3 is 36.1 Å². The lowest BCUT2D eigenvalue weighted by Gasteiger charge is -2.38. The number of hydrogen-bond donors (Lipinski definition) is 6. The van der Waals surface area contributed by atoms with E-state index >= 15 is 0 Å². The van der Waals surface area contributed by atoms with E-state index in [2.05, 4.69) is 27.5 Å².